The van der Waals surface area contributed by atoms with E-state index in [1.165, 1.54) is 11.8 Å². The molecule has 2 aliphatic rings. The van der Waals surface area contributed by atoms with Crippen LogP contribution in [-0.2, 0) is 14.3 Å². The normalized spacial score (nSPS) is 22.0. The average molecular weight is 439 g/mol. The van der Waals surface area contributed by atoms with E-state index in [1.54, 1.807) is 24.5 Å². The van der Waals surface area contributed by atoms with Crippen LogP contribution in [0.25, 0.3) is 11.0 Å². The van der Waals surface area contributed by atoms with E-state index in [9.17, 15) is 14.4 Å². The van der Waals surface area contributed by atoms with Crippen LogP contribution in [0.3, 0.4) is 0 Å². The van der Waals surface area contributed by atoms with Gasteiger partial charge in [0.25, 0.3) is 11.8 Å². The molecule has 3 atom stereocenters. The van der Waals surface area contributed by atoms with Gasteiger partial charge in [-0.3, -0.25) is 14.5 Å². The summed E-state index contributed by atoms with van der Waals surface area (Å²) in [5, 5.41) is 13.8. The van der Waals surface area contributed by atoms with Gasteiger partial charge >= 0.3 is 6.16 Å². The number of nitrogens with two attached hydrogens (primary N) is 1. The van der Waals surface area contributed by atoms with Crippen LogP contribution in [0.15, 0.2) is 35.4 Å². The molecule has 152 valence electrons. The van der Waals surface area contributed by atoms with Crippen LogP contribution in [-0.4, -0.2) is 61.3 Å². The standard InChI is InChI=1S/C16H15ClN6O5S/c17-7-4-29-15-10(13(25)23(15)14(7)28-16(26)27)22-12(24)11(18)21-6-1-2-8-9(3-6)20-5-19-8/h1-3,5,10-11,15,21H,4,18H2,(H,19,20)(H,22,24)(H,26,27)/t10?,11-,15+/m1/s1. The number of aromatic amines is 1. The molecule has 1 fully saturated rings. The van der Waals surface area contributed by atoms with Crippen molar-refractivity contribution in [2.24, 2.45) is 5.73 Å². The Kier molecular flexibility index (Phi) is 4.98. The fourth-order valence-corrected chi connectivity index (χ4v) is 4.52. The lowest BCUT2D eigenvalue weighted by atomic mass is 10.1. The number of carboxylic acid groups (broad SMARTS) is 1. The van der Waals surface area contributed by atoms with E-state index in [4.69, 9.17) is 22.4 Å². The summed E-state index contributed by atoms with van der Waals surface area (Å²) < 4.78 is 4.61. The second kappa shape index (κ2) is 7.46. The molecule has 11 nitrogen and oxygen atoms in total. The van der Waals surface area contributed by atoms with Crippen molar-refractivity contribution in [3.63, 3.8) is 0 Å². The molecule has 4 rings (SSSR count). The van der Waals surface area contributed by atoms with Crippen molar-refractivity contribution in [3.05, 3.63) is 35.4 Å². The molecule has 2 aliphatic heterocycles. The molecule has 0 saturated carbocycles. The van der Waals surface area contributed by atoms with Gasteiger partial charge < -0.3 is 31.2 Å². The highest BCUT2D eigenvalue weighted by atomic mass is 35.5. The number of ether oxygens (including phenoxy) is 1. The number of β-lactam (4-membered cyclic amide) rings is 1. The molecule has 0 spiro atoms. The van der Waals surface area contributed by atoms with E-state index in [0.717, 1.165) is 10.4 Å². The van der Waals surface area contributed by atoms with Gasteiger partial charge in [0.1, 0.15) is 11.4 Å². The number of carbonyl (C=O) groups excluding carboxylic acids is 2. The molecule has 1 aromatic carbocycles. The smallest absolute Gasteiger partial charge is 0.449 e. The third-order valence-electron chi connectivity index (χ3n) is 4.38. The number of benzene rings is 1. The zero-order chi connectivity index (χ0) is 20.7. The molecule has 6 N–H and O–H groups in total. The highest BCUT2D eigenvalue weighted by Gasteiger charge is 2.54. The molecule has 1 saturated heterocycles. The molecule has 2 aromatic rings. The van der Waals surface area contributed by atoms with E-state index in [1.807, 2.05) is 0 Å². The topological polar surface area (TPSA) is 163 Å². The number of rotatable bonds is 5. The highest BCUT2D eigenvalue weighted by Crippen LogP contribution is 2.41. The quantitative estimate of drug-likeness (QED) is 0.257. The van der Waals surface area contributed by atoms with Crippen molar-refractivity contribution in [3.8, 4) is 0 Å². The Morgan fingerprint density at radius 1 is 1.48 bits per heavy atom. The van der Waals surface area contributed by atoms with Gasteiger partial charge in [-0.25, -0.2) is 9.78 Å². The molecule has 2 amide bonds. The number of hydrogen-bond donors (Lipinski definition) is 5. The second-order valence-corrected chi connectivity index (χ2v) is 7.79. The van der Waals surface area contributed by atoms with Crippen LogP contribution in [0.2, 0.25) is 0 Å². The maximum absolute atomic E-state index is 12.4. The Morgan fingerprint density at radius 2 is 2.28 bits per heavy atom. The third-order valence-corrected chi connectivity index (χ3v) is 6.12. The summed E-state index contributed by atoms with van der Waals surface area (Å²) in [6.45, 7) is 0. The number of hydrogen-bond acceptors (Lipinski definition) is 8. The van der Waals surface area contributed by atoms with Crippen LogP contribution in [0.4, 0.5) is 10.5 Å². The minimum absolute atomic E-state index is 0.110. The maximum atomic E-state index is 12.4. The minimum atomic E-state index is -1.58. The van der Waals surface area contributed by atoms with E-state index in [2.05, 4.69) is 25.3 Å². The van der Waals surface area contributed by atoms with E-state index >= 15 is 0 Å². The molecule has 1 unspecified atom stereocenters. The van der Waals surface area contributed by atoms with Crippen molar-refractivity contribution in [1.29, 1.82) is 0 Å². The lowest BCUT2D eigenvalue weighted by Crippen LogP contribution is -2.71. The largest absolute Gasteiger partial charge is 0.512 e. The number of anilines is 1. The number of nitrogens with zero attached hydrogens (tertiary/aromatic N) is 2. The number of carbonyl (C=O) groups is 3. The van der Waals surface area contributed by atoms with Crippen LogP contribution in [0.1, 0.15) is 0 Å². The first-order valence-electron chi connectivity index (χ1n) is 8.35. The van der Waals surface area contributed by atoms with E-state index < -0.39 is 35.6 Å². The predicted octanol–water partition coefficient (Wildman–Crippen LogP) is 0.762. The maximum Gasteiger partial charge on any atom is 0.512 e. The monoisotopic (exact) mass is 438 g/mol. The summed E-state index contributed by atoms with van der Waals surface area (Å²) in [5.41, 5.74) is 8.05. The zero-order valence-corrected chi connectivity index (χ0v) is 16.2. The highest BCUT2D eigenvalue weighted by molar-refractivity contribution is 8.00. The van der Waals surface area contributed by atoms with Crippen LogP contribution in [0.5, 0.6) is 0 Å². The van der Waals surface area contributed by atoms with Gasteiger partial charge in [-0.05, 0) is 18.2 Å². The van der Waals surface area contributed by atoms with Gasteiger partial charge in [0.05, 0.1) is 22.4 Å². The van der Waals surface area contributed by atoms with Crippen molar-refractivity contribution in [1.82, 2.24) is 20.2 Å². The first-order chi connectivity index (χ1) is 13.8. The number of halogens is 1. The van der Waals surface area contributed by atoms with Gasteiger partial charge in [-0.1, -0.05) is 11.6 Å². The van der Waals surface area contributed by atoms with Crippen LogP contribution < -0.4 is 16.4 Å². The molecule has 0 bridgehead atoms. The van der Waals surface area contributed by atoms with Crippen LogP contribution in [0, 0.1) is 0 Å². The van der Waals surface area contributed by atoms with Gasteiger partial charge in [0, 0.05) is 11.4 Å². The first-order valence-corrected chi connectivity index (χ1v) is 9.77. The van der Waals surface area contributed by atoms with Crippen molar-refractivity contribution < 1.29 is 24.2 Å². The summed E-state index contributed by atoms with van der Waals surface area (Å²) in [7, 11) is 0. The number of H-pyrrole nitrogens is 1. The Bertz CT molecular complexity index is 1040. The zero-order valence-electron chi connectivity index (χ0n) is 14.6. The molecule has 29 heavy (non-hydrogen) atoms. The molecular weight excluding hydrogens is 424 g/mol. The van der Waals surface area contributed by atoms with Gasteiger partial charge in [0.2, 0.25) is 5.88 Å². The molecule has 3 heterocycles. The lowest BCUT2D eigenvalue weighted by molar-refractivity contribution is -0.149. The molecule has 0 radical (unpaired) electrons. The predicted molar refractivity (Wildman–Crippen MR) is 105 cm³/mol. The number of thioether (sulfide) groups is 1. The summed E-state index contributed by atoms with van der Waals surface area (Å²) in [4.78, 5) is 43.9. The SMILES string of the molecule is N[C@H](Nc1ccc2[nH]cnc2c1)C(=O)NC1C(=O)N2C(OC(=O)O)=C(Cl)CS[C@@H]12. The van der Waals surface area contributed by atoms with Crippen molar-refractivity contribution in [2.75, 3.05) is 11.1 Å². The van der Waals surface area contributed by atoms with Crippen molar-refractivity contribution in [2.45, 2.75) is 17.6 Å². The number of aromatic nitrogens is 2. The molecule has 13 heteroatoms. The van der Waals surface area contributed by atoms with Gasteiger partial charge in [-0.15, -0.1) is 11.8 Å². The fraction of sp³-hybridized carbons (Fsp3) is 0.250. The minimum Gasteiger partial charge on any atom is -0.449 e. The second-order valence-electron chi connectivity index (χ2n) is 6.23. The van der Waals surface area contributed by atoms with Crippen molar-refractivity contribution >= 4 is 58.1 Å². The summed E-state index contributed by atoms with van der Waals surface area (Å²) in [5.74, 6) is -1.10. The fourth-order valence-electron chi connectivity index (χ4n) is 3.03. The molecular formula is C16H15ClN6O5S. The number of fused-ring (bicyclic) bond motifs is 2. The Labute approximate surface area is 172 Å². The first kappa shape index (κ1) is 19.4. The summed E-state index contributed by atoms with van der Waals surface area (Å²) in [6, 6.07) is 4.39. The average Bonchev–Trinajstić information content (AvgIpc) is 3.14. The third kappa shape index (κ3) is 3.57. The van der Waals surface area contributed by atoms with Gasteiger partial charge in [0.15, 0.2) is 6.17 Å². The van der Waals surface area contributed by atoms with E-state index in [0.29, 0.717) is 11.2 Å². The molecule has 0 aliphatic carbocycles. The Hall–Kier alpha value is -2.96. The molecule has 1 aromatic heterocycles. The van der Waals surface area contributed by atoms with Crippen LogP contribution >= 0.6 is 23.4 Å². The Morgan fingerprint density at radius 3 is 3.03 bits per heavy atom. The Balaban J connectivity index is 1.40. The summed E-state index contributed by atoms with van der Waals surface area (Å²) >= 11 is 7.24. The van der Waals surface area contributed by atoms with E-state index in [-0.39, 0.29) is 16.7 Å². The lowest BCUT2D eigenvalue weighted by Gasteiger charge is -2.48. The number of amides is 2. The summed E-state index contributed by atoms with van der Waals surface area (Å²) in [6.07, 6.45) is -1.14. The number of nitrogens with one attached hydrogen (secondary N) is 3. The number of imidazole rings is 1. The van der Waals surface area contributed by atoms with Gasteiger partial charge in [-0.2, -0.15) is 0 Å².